The van der Waals surface area contributed by atoms with E-state index in [9.17, 15) is 9.59 Å². The smallest absolute Gasteiger partial charge is 0.325 e. The lowest BCUT2D eigenvalue weighted by atomic mass is 9.67. The van der Waals surface area contributed by atoms with Crippen molar-refractivity contribution >= 4 is 11.9 Å². The van der Waals surface area contributed by atoms with Crippen molar-refractivity contribution in [2.24, 2.45) is 17.1 Å². The van der Waals surface area contributed by atoms with Gasteiger partial charge in [0.1, 0.15) is 5.54 Å². The third-order valence-corrected chi connectivity index (χ3v) is 5.03. The standard InChI is InChI=1S/C16H29N3O3/c1-15(2,3)12-4-6-16(7-5-12)13(20)19(14(21)18-16)9-11-22-10-8-17/h12H,4-11,17H2,1-3H3,(H,18,21). The number of imide groups is 1. The second-order valence-corrected chi connectivity index (χ2v) is 7.51. The van der Waals surface area contributed by atoms with Gasteiger partial charge in [0, 0.05) is 6.54 Å². The van der Waals surface area contributed by atoms with E-state index in [1.807, 2.05) is 0 Å². The highest BCUT2D eigenvalue weighted by Gasteiger charge is 2.52. The summed E-state index contributed by atoms with van der Waals surface area (Å²) in [7, 11) is 0. The van der Waals surface area contributed by atoms with E-state index in [1.54, 1.807) is 0 Å². The molecule has 22 heavy (non-hydrogen) atoms. The largest absolute Gasteiger partial charge is 0.378 e. The van der Waals surface area contributed by atoms with Crippen molar-refractivity contribution < 1.29 is 14.3 Å². The van der Waals surface area contributed by atoms with Crippen LogP contribution in [0, 0.1) is 11.3 Å². The van der Waals surface area contributed by atoms with Gasteiger partial charge in [-0.25, -0.2) is 4.79 Å². The SMILES string of the molecule is CC(C)(C)C1CCC2(CC1)NC(=O)N(CCOCCN)C2=O. The summed E-state index contributed by atoms with van der Waals surface area (Å²) in [5.74, 6) is 0.519. The lowest BCUT2D eigenvalue weighted by Crippen LogP contribution is -2.50. The molecule has 0 unspecified atom stereocenters. The van der Waals surface area contributed by atoms with Crippen LogP contribution in [0.15, 0.2) is 0 Å². The maximum atomic E-state index is 12.7. The number of carbonyl (C=O) groups is 2. The van der Waals surface area contributed by atoms with Gasteiger partial charge in [-0.3, -0.25) is 9.69 Å². The van der Waals surface area contributed by atoms with Crippen molar-refractivity contribution in [2.75, 3.05) is 26.3 Å². The Morgan fingerprint density at radius 3 is 2.45 bits per heavy atom. The fourth-order valence-electron chi connectivity index (χ4n) is 3.54. The first-order valence-corrected chi connectivity index (χ1v) is 8.22. The third kappa shape index (κ3) is 3.43. The highest BCUT2D eigenvalue weighted by atomic mass is 16.5. The van der Waals surface area contributed by atoms with E-state index in [0.717, 1.165) is 25.7 Å². The highest BCUT2D eigenvalue weighted by molar-refractivity contribution is 6.07. The zero-order valence-corrected chi connectivity index (χ0v) is 14.0. The normalized spacial score (nSPS) is 29.3. The second-order valence-electron chi connectivity index (χ2n) is 7.51. The van der Waals surface area contributed by atoms with E-state index in [4.69, 9.17) is 10.5 Å². The molecule has 1 aliphatic heterocycles. The average Bonchev–Trinajstić information content (AvgIpc) is 2.67. The fraction of sp³-hybridized carbons (Fsp3) is 0.875. The van der Waals surface area contributed by atoms with Crippen LogP contribution in [0.25, 0.3) is 0 Å². The summed E-state index contributed by atoms with van der Waals surface area (Å²) in [4.78, 5) is 26.1. The molecule has 0 atom stereocenters. The minimum absolute atomic E-state index is 0.0822. The number of ether oxygens (including phenoxy) is 1. The summed E-state index contributed by atoms with van der Waals surface area (Å²) in [6, 6.07) is -0.282. The van der Waals surface area contributed by atoms with Gasteiger partial charge < -0.3 is 15.8 Å². The molecule has 1 heterocycles. The summed E-state index contributed by atoms with van der Waals surface area (Å²) >= 11 is 0. The monoisotopic (exact) mass is 311 g/mol. The molecule has 126 valence electrons. The van der Waals surface area contributed by atoms with E-state index in [2.05, 4.69) is 26.1 Å². The molecule has 3 amide bonds. The predicted octanol–water partition coefficient (Wildman–Crippen LogP) is 1.49. The molecule has 0 radical (unpaired) electrons. The number of hydrogen-bond acceptors (Lipinski definition) is 4. The number of hydrogen-bond donors (Lipinski definition) is 2. The Labute approximate surface area is 132 Å². The van der Waals surface area contributed by atoms with E-state index in [-0.39, 0.29) is 17.4 Å². The van der Waals surface area contributed by atoms with Crippen LogP contribution in [-0.4, -0.2) is 48.7 Å². The van der Waals surface area contributed by atoms with Crippen molar-refractivity contribution in [1.29, 1.82) is 0 Å². The molecule has 6 nitrogen and oxygen atoms in total. The lowest BCUT2D eigenvalue weighted by molar-refractivity contribution is -0.133. The molecule has 1 saturated heterocycles. The van der Waals surface area contributed by atoms with Crippen LogP contribution in [-0.2, 0) is 9.53 Å². The molecule has 0 aromatic heterocycles. The first-order valence-electron chi connectivity index (χ1n) is 8.22. The third-order valence-electron chi connectivity index (χ3n) is 5.03. The predicted molar refractivity (Wildman–Crippen MR) is 84.3 cm³/mol. The molecule has 1 aliphatic carbocycles. The van der Waals surface area contributed by atoms with Gasteiger partial charge in [0.2, 0.25) is 0 Å². The highest BCUT2D eigenvalue weighted by Crippen LogP contribution is 2.43. The van der Waals surface area contributed by atoms with Crippen molar-refractivity contribution in [3.63, 3.8) is 0 Å². The van der Waals surface area contributed by atoms with Gasteiger partial charge in [-0.15, -0.1) is 0 Å². The zero-order chi connectivity index (χ0) is 16.4. The quantitative estimate of drug-likeness (QED) is 0.595. The lowest BCUT2D eigenvalue weighted by Gasteiger charge is -2.40. The molecule has 0 bridgehead atoms. The minimum atomic E-state index is -0.674. The summed E-state index contributed by atoms with van der Waals surface area (Å²) in [6.45, 7) is 8.26. The Morgan fingerprint density at radius 2 is 1.91 bits per heavy atom. The summed E-state index contributed by atoms with van der Waals surface area (Å²) in [5, 5.41) is 2.94. The van der Waals surface area contributed by atoms with Crippen LogP contribution in [0.4, 0.5) is 4.79 Å². The van der Waals surface area contributed by atoms with Crippen LogP contribution in [0.3, 0.4) is 0 Å². The van der Waals surface area contributed by atoms with E-state index in [1.165, 1.54) is 4.90 Å². The number of nitrogens with zero attached hydrogens (tertiary/aromatic N) is 1. The van der Waals surface area contributed by atoms with Gasteiger partial charge >= 0.3 is 6.03 Å². The van der Waals surface area contributed by atoms with Gasteiger partial charge in [-0.1, -0.05) is 20.8 Å². The van der Waals surface area contributed by atoms with Crippen LogP contribution < -0.4 is 11.1 Å². The topological polar surface area (TPSA) is 84.7 Å². The maximum absolute atomic E-state index is 12.7. The number of urea groups is 1. The van der Waals surface area contributed by atoms with Crippen molar-refractivity contribution in [3.8, 4) is 0 Å². The number of rotatable bonds is 5. The van der Waals surface area contributed by atoms with Crippen molar-refractivity contribution in [2.45, 2.75) is 52.0 Å². The molecule has 2 aliphatic rings. The fourth-order valence-corrected chi connectivity index (χ4v) is 3.54. The summed E-state index contributed by atoms with van der Waals surface area (Å²) < 4.78 is 5.28. The Morgan fingerprint density at radius 1 is 1.27 bits per heavy atom. The first-order chi connectivity index (χ1) is 10.3. The molecule has 2 rings (SSSR count). The van der Waals surface area contributed by atoms with E-state index in [0.29, 0.717) is 32.2 Å². The number of carbonyl (C=O) groups excluding carboxylic acids is 2. The number of nitrogens with two attached hydrogens (primary N) is 1. The molecule has 3 N–H and O–H groups in total. The Hall–Kier alpha value is -1.14. The number of nitrogens with one attached hydrogen (secondary N) is 1. The van der Waals surface area contributed by atoms with Gasteiger partial charge in [0.15, 0.2) is 0 Å². The van der Waals surface area contributed by atoms with Crippen molar-refractivity contribution in [1.82, 2.24) is 10.2 Å². The molecule has 0 aromatic rings. The first kappa shape index (κ1) is 17.2. The summed E-state index contributed by atoms with van der Waals surface area (Å²) in [6.07, 6.45) is 3.43. The van der Waals surface area contributed by atoms with Crippen LogP contribution in [0.2, 0.25) is 0 Å². The zero-order valence-electron chi connectivity index (χ0n) is 14.0. The minimum Gasteiger partial charge on any atom is -0.378 e. The van der Waals surface area contributed by atoms with E-state index >= 15 is 0 Å². The molecular weight excluding hydrogens is 282 g/mol. The Balaban J connectivity index is 1.94. The molecule has 1 saturated carbocycles. The van der Waals surface area contributed by atoms with Crippen LogP contribution >= 0.6 is 0 Å². The van der Waals surface area contributed by atoms with Crippen LogP contribution in [0.1, 0.15) is 46.5 Å². The van der Waals surface area contributed by atoms with Crippen molar-refractivity contribution in [3.05, 3.63) is 0 Å². The van der Waals surface area contributed by atoms with Gasteiger partial charge in [-0.05, 0) is 37.0 Å². The number of amides is 3. The van der Waals surface area contributed by atoms with Crippen LogP contribution in [0.5, 0.6) is 0 Å². The second kappa shape index (κ2) is 6.54. The average molecular weight is 311 g/mol. The molecule has 2 fully saturated rings. The molecule has 1 spiro atoms. The van der Waals surface area contributed by atoms with E-state index < -0.39 is 5.54 Å². The maximum Gasteiger partial charge on any atom is 0.325 e. The Kier molecular flexibility index (Phi) is 5.12. The summed E-state index contributed by atoms with van der Waals surface area (Å²) in [5.41, 5.74) is 4.93. The molecular formula is C16H29N3O3. The van der Waals surface area contributed by atoms with Gasteiger partial charge in [0.05, 0.1) is 19.8 Å². The van der Waals surface area contributed by atoms with Gasteiger partial charge in [0.25, 0.3) is 5.91 Å². The molecule has 6 heteroatoms. The Bertz CT molecular complexity index is 423. The van der Waals surface area contributed by atoms with Gasteiger partial charge in [-0.2, -0.15) is 0 Å². The molecule has 0 aromatic carbocycles.